The molecule has 31 heavy (non-hydrogen) atoms. The van der Waals surface area contributed by atoms with Gasteiger partial charge in [-0.3, -0.25) is 15.0 Å². The second-order valence-electron chi connectivity index (χ2n) is 7.18. The quantitative estimate of drug-likeness (QED) is 0.162. The number of carboxylic acids is 1. The Hall–Kier alpha value is -3.83. The number of amides is 1. The molecule has 8 heteroatoms. The van der Waals surface area contributed by atoms with E-state index < -0.39 is 5.97 Å². The van der Waals surface area contributed by atoms with Crippen molar-refractivity contribution in [3.8, 4) is 11.8 Å². The fourth-order valence-corrected chi connectivity index (χ4v) is 2.95. The van der Waals surface area contributed by atoms with Gasteiger partial charge in [-0.2, -0.15) is 0 Å². The van der Waals surface area contributed by atoms with Crippen molar-refractivity contribution in [1.82, 2.24) is 5.01 Å². The first-order valence-corrected chi connectivity index (χ1v) is 9.73. The Morgan fingerprint density at radius 2 is 1.94 bits per heavy atom. The van der Waals surface area contributed by atoms with Gasteiger partial charge in [0.15, 0.2) is 0 Å². The number of amidine groups is 1. The maximum Gasteiger partial charge on any atom is 0.319 e. The predicted octanol–water partition coefficient (Wildman–Crippen LogP) is 2.42. The molecule has 0 spiro atoms. The molecule has 0 unspecified atom stereocenters. The van der Waals surface area contributed by atoms with E-state index >= 15 is 0 Å². The molecule has 0 aliphatic rings. The zero-order chi connectivity index (χ0) is 23.0. The standard InChI is InChI=1S/C23H27N5O3/c1-16(2)27(14-22(30)31)28(15-29)21-11-6-18(13-17(21)3)5-4-12-26-20-9-7-19(8-10-20)23(24)25/h6-11,13,15-16,26H,12,14H2,1-3H3,(H3,24,25)(H,30,31). The number of nitrogen functional groups attached to an aromatic ring is 1. The number of carbonyl (C=O) groups excluding carboxylic acids is 1. The first kappa shape index (κ1) is 23.4. The Balaban J connectivity index is 2.09. The number of aliphatic carboxylic acids is 1. The van der Waals surface area contributed by atoms with Gasteiger partial charge >= 0.3 is 5.97 Å². The highest BCUT2D eigenvalue weighted by Gasteiger charge is 2.22. The molecule has 5 N–H and O–H groups in total. The van der Waals surface area contributed by atoms with Crippen molar-refractivity contribution in [3.63, 3.8) is 0 Å². The molecule has 0 heterocycles. The third kappa shape index (κ3) is 6.59. The van der Waals surface area contributed by atoms with Gasteiger partial charge < -0.3 is 16.2 Å². The first-order chi connectivity index (χ1) is 14.7. The summed E-state index contributed by atoms with van der Waals surface area (Å²) in [6.07, 6.45) is 0.623. The molecule has 2 aromatic rings. The molecule has 0 atom stereocenters. The number of rotatable bonds is 9. The Kier molecular flexibility index (Phi) is 8.17. The summed E-state index contributed by atoms with van der Waals surface area (Å²) in [5.41, 5.74) is 9.19. The molecule has 0 saturated heterocycles. The lowest BCUT2D eigenvalue weighted by Gasteiger charge is -2.34. The van der Waals surface area contributed by atoms with Crippen LogP contribution in [0.3, 0.4) is 0 Å². The van der Waals surface area contributed by atoms with E-state index in [1.807, 2.05) is 39.0 Å². The number of hydrogen-bond donors (Lipinski definition) is 4. The van der Waals surface area contributed by atoms with Crippen molar-refractivity contribution in [3.05, 3.63) is 59.2 Å². The Morgan fingerprint density at radius 1 is 1.26 bits per heavy atom. The van der Waals surface area contributed by atoms with Crippen LogP contribution in [0.1, 0.15) is 30.5 Å². The van der Waals surface area contributed by atoms with Gasteiger partial charge in [0.2, 0.25) is 6.41 Å². The molecule has 2 rings (SSSR count). The Bertz CT molecular complexity index is 1010. The molecule has 0 radical (unpaired) electrons. The summed E-state index contributed by atoms with van der Waals surface area (Å²) < 4.78 is 0. The molecular weight excluding hydrogens is 394 g/mol. The van der Waals surface area contributed by atoms with E-state index in [4.69, 9.17) is 16.2 Å². The molecular formula is C23H27N5O3. The van der Waals surface area contributed by atoms with Gasteiger partial charge in [0.05, 0.1) is 12.2 Å². The van der Waals surface area contributed by atoms with Gasteiger partial charge in [-0.1, -0.05) is 11.8 Å². The van der Waals surface area contributed by atoms with Crippen molar-refractivity contribution in [2.24, 2.45) is 5.73 Å². The van der Waals surface area contributed by atoms with Crippen LogP contribution in [0, 0.1) is 24.2 Å². The number of nitrogens with one attached hydrogen (secondary N) is 2. The minimum absolute atomic E-state index is 0.0257. The summed E-state index contributed by atoms with van der Waals surface area (Å²) in [7, 11) is 0. The summed E-state index contributed by atoms with van der Waals surface area (Å²) in [5, 5.41) is 22.6. The molecule has 2 aromatic carbocycles. The molecule has 0 aromatic heterocycles. The van der Waals surface area contributed by atoms with Crippen LogP contribution in [0.25, 0.3) is 0 Å². The fourth-order valence-electron chi connectivity index (χ4n) is 2.95. The van der Waals surface area contributed by atoms with Gasteiger partial charge in [-0.15, -0.1) is 0 Å². The minimum atomic E-state index is -1.01. The van der Waals surface area contributed by atoms with Crippen LogP contribution >= 0.6 is 0 Å². The van der Waals surface area contributed by atoms with E-state index in [-0.39, 0.29) is 18.4 Å². The van der Waals surface area contributed by atoms with Gasteiger partial charge in [-0.05, 0) is 68.8 Å². The van der Waals surface area contributed by atoms with E-state index in [2.05, 4.69) is 17.2 Å². The number of aryl methyl sites for hydroxylation is 1. The molecule has 0 fully saturated rings. The normalized spacial score (nSPS) is 10.4. The van der Waals surface area contributed by atoms with Crippen LogP contribution in [0.2, 0.25) is 0 Å². The predicted molar refractivity (Wildman–Crippen MR) is 122 cm³/mol. The minimum Gasteiger partial charge on any atom is -0.480 e. The molecule has 0 aliphatic carbocycles. The average Bonchev–Trinajstić information content (AvgIpc) is 2.72. The number of carbonyl (C=O) groups is 2. The van der Waals surface area contributed by atoms with Gasteiger partial charge in [-0.25, -0.2) is 10.0 Å². The Morgan fingerprint density at radius 3 is 2.45 bits per heavy atom. The third-order valence-electron chi connectivity index (χ3n) is 4.52. The second-order valence-corrected chi connectivity index (χ2v) is 7.18. The lowest BCUT2D eigenvalue weighted by molar-refractivity contribution is -0.139. The lowest BCUT2D eigenvalue weighted by atomic mass is 10.1. The summed E-state index contributed by atoms with van der Waals surface area (Å²) in [6.45, 7) is 5.66. The van der Waals surface area contributed by atoms with E-state index in [9.17, 15) is 9.59 Å². The zero-order valence-corrected chi connectivity index (χ0v) is 17.8. The summed E-state index contributed by atoms with van der Waals surface area (Å²) in [5.74, 6) is 5.13. The van der Waals surface area contributed by atoms with Crippen LogP contribution in [-0.2, 0) is 9.59 Å². The number of anilines is 2. The van der Waals surface area contributed by atoms with Crippen LogP contribution < -0.4 is 16.1 Å². The molecule has 8 nitrogen and oxygen atoms in total. The zero-order valence-electron chi connectivity index (χ0n) is 17.8. The monoisotopic (exact) mass is 421 g/mol. The number of carboxylic acid groups (broad SMARTS) is 1. The van der Waals surface area contributed by atoms with Crippen molar-refractivity contribution in [2.75, 3.05) is 23.4 Å². The third-order valence-corrected chi connectivity index (χ3v) is 4.52. The van der Waals surface area contributed by atoms with Gasteiger partial charge in [0.25, 0.3) is 0 Å². The fraction of sp³-hybridized carbons (Fsp3) is 0.261. The van der Waals surface area contributed by atoms with Crippen molar-refractivity contribution in [1.29, 1.82) is 5.41 Å². The molecule has 0 aliphatic heterocycles. The number of hydrazine groups is 1. The van der Waals surface area contributed by atoms with Gasteiger partial charge in [0.1, 0.15) is 12.4 Å². The number of nitrogens with two attached hydrogens (primary N) is 1. The van der Waals surface area contributed by atoms with E-state index in [0.29, 0.717) is 24.2 Å². The summed E-state index contributed by atoms with van der Waals surface area (Å²) >= 11 is 0. The van der Waals surface area contributed by atoms with Gasteiger partial charge in [0, 0.05) is 22.9 Å². The van der Waals surface area contributed by atoms with Crippen molar-refractivity contribution in [2.45, 2.75) is 26.8 Å². The highest BCUT2D eigenvalue weighted by Crippen LogP contribution is 2.23. The van der Waals surface area contributed by atoms with Crippen molar-refractivity contribution < 1.29 is 14.7 Å². The maximum atomic E-state index is 11.7. The largest absolute Gasteiger partial charge is 0.480 e. The summed E-state index contributed by atoms with van der Waals surface area (Å²) in [6, 6.07) is 12.5. The molecule has 0 saturated carbocycles. The number of hydrogen-bond acceptors (Lipinski definition) is 5. The van der Waals surface area contributed by atoms with Crippen molar-refractivity contribution >= 4 is 29.6 Å². The topological polar surface area (TPSA) is 123 Å². The van der Waals surface area contributed by atoms with E-state index in [1.54, 1.807) is 24.3 Å². The highest BCUT2D eigenvalue weighted by molar-refractivity contribution is 5.95. The van der Waals surface area contributed by atoms with Crippen LogP contribution in [-0.4, -0.2) is 47.5 Å². The maximum absolute atomic E-state index is 11.7. The molecule has 0 bridgehead atoms. The first-order valence-electron chi connectivity index (χ1n) is 9.73. The van der Waals surface area contributed by atoms with Crippen LogP contribution in [0.4, 0.5) is 11.4 Å². The smallest absolute Gasteiger partial charge is 0.319 e. The van der Waals surface area contributed by atoms with Crippen LogP contribution in [0.15, 0.2) is 42.5 Å². The molecule has 1 amide bonds. The Labute approximate surface area is 182 Å². The van der Waals surface area contributed by atoms with E-state index in [0.717, 1.165) is 16.8 Å². The summed E-state index contributed by atoms with van der Waals surface area (Å²) in [4.78, 5) is 22.9. The van der Waals surface area contributed by atoms with E-state index in [1.165, 1.54) is 10.0 Å². The SMILES string of the molecule is Cc1cc(C#CCNc2ccc(C(=N)N)cc2)ccc1N(C=O)N(CC(=O)O)C(C)C. The van der Waals surface area contributed by atoms with Crippen LogP contribution in [0.5, 0.6) is 0 Å². The lowest BCUT2D eigenvalue weighted by Crippen LogP contribution is -2.49. The molecule has 162 valence electrons. The second kappa shape index (κ2) is 10.8. The highest BCUT2D eigenvalue weighted by atomic mass is 16.4. The number of benzene rings is 2. The average molecular weight is 422 g/mol. The number of nitrogens with zero attached hydrogens (tertiary/aromatic N) is 2.